The molecule has 0 saturated heterocycles. The first kappa shape index (κ1) is 15.4. The Hall–Kier alpha value is -1.85. The molecule has 0 spiro atoms. The zero-order valence-electron chi connectivity index (χ0n) is 14.6. The van der Waals surface area contributed by atoms with E-state index in [1.54, 1.807) is 0 Å². The summed E-state index contributed by atoms with van der Waals surface area (Å²) in [4.78, 5) is 30.0. The van der Waals surface area contributed by atoms with Crippen LogP contribution in [0.1, 0.15) is 62.8 Å². The fourth-order valence-corrected chi connectivity index (χ4v) is 4.38. The van der Waals surface area contributed by atoms with E-state index in [0.717, 1.165) is 56.5 Å². The smallest absolute Gasteiger partial charge is 0.295 e. The highest BCUT2D eigenvalue weighted by Gasteiger charge is 2.59. The van der Waals surface area contributed by atoms with Crippen molar-refractivity contribution in [3.8, 4) is 0 Å². The number of hydrogen-bond acceptors (Lipinski definition) is 4. The van der Waals surface area contributed by atoms with Crippen LogP contribution in [0.2, 0.25) is 0 Å². The summed E-state index contributed by atoms with van der Waals surface area (Å²) >= 11 is 0. The van der Waals surface area contributed by atoms with Crippen molar-refractivity contribution in [1.29, 1.82) is 0 Å². The first-order valence-electron chi connectivity index (χ1n) is 9.86. The highest BCUT2D eigenvalue weighted by Crippen LogP contribution is 2.61. The van der Waals surface area contributed by atoms with Crippen LogP contribution >= 0.6 is 0 Å². The molecule has 0 atom stereocenters. The van der Waals surface area contributed by atoms with E-state index in [9.17, 15) is 9.59 Å². The molecular formula is C19H26N4O2. The normalized spacial score (nSPS) is 23.7. The van der Waals surface area contributed by atoms with Gasteiger partial charge < -0.3 is 4.57 Å². The van der Waals surface area contributed by atoms with E-state index in [4.69, 9.17) is 0 Å². The van der Waals surface area contributed by atoms with Crippen molar-refractivity contribution in [2.45, 2.75) is 70.8 Å². The Kier molecular flexibility index (Phi) is 3.44. The number of amides is 1. The van der Waals surface area contributed by atoms with E-state index < -0.39 is 0 Å². The van der Waals surface area contributed by atoms with Crippen molar-refractivity contribution < 1.29 is 4.79 Å². The molecule has 3 saturated carbocycles. The summed E-state index contributed by atoms with van der Waals surface area (Å²) < 4.78 is 1.93. The molecule has 3 fully saturated rings. The van der Waals surface area contributed by atoms with Gasteiger partial charge in [0.15, 0.2) is 0 Å². The molecular weight excluding hydrogens is 316 g/mol. The van der Waals surface area contributed by atoms with Crippen molar-refractivity contribution in [1.82, 2.24) is 15.0 Å². The molecule has 5 rings (SSSR count). The van der Waals surface area contributed by atoms with Crippen LogP contribution in [0.25, 0.3) is 0 Å². The summed E-state index contributed by atoms with van der Waals surface area (Å²) in [6.45, 7) is 0.804. The molecule has 25 heavy (non-hydrogen) atoms. The SMILES string of the molecule is O=C(NNc1nc2c(n(CC3CC3)c1=O)CCCC2)C1(C2CC2)CC1. The second-order valence-electron chi connectivity index (χ2n) is 8.43. The number of carbonyl (C=O) groups excluding carboxylic acids is 1. The van der Waals surface area contributed by atoms with Gasteiger partial charge in [0, 0.05) is 12.2 Å². The molecule has 1 aromatic heterocycles. The Morgan fingerprint density at radius 2 is 1.92 bits per heavy atom. The number of aromatic nitrogens is 2. The lowest BCUT2D eigenvalue weighted by Gasteiger charge is -2.22. The van der Waals surface area contributed by atoms with Crippen LogP contribution in [-0.2, 0) is 24.2 Å². The molecule has 1 heterocycles. The van der Waals surface area contributed by atoms with Crippen LogP contribution < -0.4 is 16.4 Å². The van der Waals surface area contributed by atoms with Crippen molar-refractivity contribution in [3.05, 3.63) is 21.7 Å². The number of nitrogens with zero attached hydrogens (tertiary/aromatic N) is 2. The molecule has 1 amide bonds. The lowest BCUT2D eigenvalue weighted by Crippen LogP contribution is -2.41. The fraction of sp³-hybridized carbons (Fsp3) is 0.737. The molecule has 134 valence electrons. The molecule has 6 nitrogen and oxygen atoms in total. The number of carbonyl (C=O) groups is 1. The standard InChI is InChI=1S/C19H26N4O2/c24-17-16(21-22-18(25)19(9-10-19)13-7-8-13)20-14-3-1-2-4-15(14)23(17)11-12-5-6-12/h12-13H,1-11H2,(H,20,21)(H,22,25). The minimum absolute atomic E-state index is 0.0441. The van der Waals surface area contributed by atoms with Gasteiger partial charge in [-0.05, 0) is 76.0 Å². The number of rotatable bonds is 6. The third-order valence-corrected chi connectivity index (χ3v) is 6.46. The third-order valence-electron chi connectivity index (χ3n) is 6.46. The van der Waals surface area contributed by atoms with Gasteiger partial charge in [-0.2, -0.15) is 0 Å². The first-order chi connectivity index (χ1) is 12.2. The molecule has 1 aromatic rings. The van der Waals surface area contributed by atoms with Crippen molar-refractivity contribution in [3.63, 3.8) is 0 Å². The van der Waals surface area contributed by atoms with E-state index in [-0.39, 0.29) is 16.9 Å². The number of hydrogen-bond donors (Lipinski definition) is 2. The van der Waals surface area contributed by atoms with Crippen molar-refractivity contribution >= 4 is 11.7 Å². The van der Waals surface area contributed by atoms with Gasteiger partial charge in [0.2, 0.25) is 11.7 Å². The Bertz CT molecular complexity index is 772. The second-order valence-corrected chi connectivity index (χ2v) is 8.43. The van der Waals surface area contributed by atoms with Gasteiger partial charge in [-0.15, -0.1) is 0 Å². The van der Waals surface area contributed by atoms with E-state index in [1.165, 1.54) is 25.7 Å². The minimum Gasteiger partial charge on any atom is -0.307 e. The van der Waals surface area contributed by atoms with Crippen LogP contribution in [0.3, 0.4) is 0 Å². The van der Waals surface area contributed by atoms with Gasteiger partial charge in [0.05, 0.1) is 11.1 Å². The van der Waals surface area contributed by atoms with Crippen LogP contribution in [0.5, 0.6) is 0 Å². The molecule has 0 aliphatic heterocycles. The van der Waals surface area contributed by atoms with Gasteiger partial charge in [-0.25, -0.2) is 4.98 Å². The highest BCUT2D eigenvalue weighted by atomic mass is 16.2. The molecule has 6 heteroatoms. The Balaban J connectivity index is 1.38. The first-order valence-corrected chi connectivity index (χ1v) is 9.86. The third kappa shape index (κ3) is 2.75. The van der Waals surface area contributed by atoms with Crippen LogP contribution in [-0.4, -0.2) is 15.5 Å². The number of hydrazine groups is 1. The maximum Gasteiger partial charge on any atom is 0.295 e. The van der Waals surface area contributed by atoms with E-state index in [1.807, 2.05) is 4.57 Å². The van der Waals surface area contributed by atoms with Crippen molar-refractivity contribution in [2.24, 2.45) is 17.3 Å². The molecule has 0 unspecified atom stereocenters. The number of anilines is 1. The Morgan fingerprint density at radius 1 is 1.16 bits per heavy atom. The van der Waals surface area contributed by atoms with Gasteiger partial charge in [-0.1, -0.05) is 0 Å². The summed E-state index contributed by atoms with van der Waals surface area (Å²) in [5, 5.41) is 0. The van der Waals surface area contributed by atoms with Gasteiger partial charge in [-0.3, -0.25) is 20.4 Å². The van der Waals surface area contributed by atoms with Gasteiger partial charge in [0.1, 0.15) is 0 Å². The summed E-state index contributed by atoms with van der Waals surface area (Å²) in [5.74, 6) is 1.53. The maximum absolute atomic E-state index is 12.9. The molecule has 2 N–H and O–H groups in total. The van der Waals surface area contributed by atoms with Gasteiger partial charge in [0.25, 0.3) is 5.56 Å². The van der Waals surface area contributed by atoms with Crippen LogP contribution in [0.4, 0.5) is 5.82 Å². The van der Waals surface area contributed by atoms with Gasteiger partial charge >= 0.3 is 0 Å². The Labute approximate surface area is 147 Å². The number of nitrogens with one attached hydrogen (secondary N) is 2. The lowest BCUT2D eigenvalue weighted by molar-refractivity contribution is -0.126. The number of aryl methyl sites for hydroxylation is 1. The largest absolute Gasteiger partial charge is 0.307 e. The second kappa shape index (κ2) is 5.58. The summed E-state index contributed by atoms with van der Waals surface area (Å²) in [6, 6.07) is 0. The summed E-state index contributed by atoms with van der Waals surface area (Å²) in [6.07, 6.45) is 10.8. The van der Waals surface area contributed by atoms with Crippen LogP contribution in [0.15, 0.2) is 4.79 Å². The van der Waals surface area contributed by atoms with E-state index in [0.29, 0.717) is 17.7 Å². The zero-order chi connectivity index (χ0) is 17.0. The topological polar surface area (TPSA) is 76.0 Å². The summed E-state index contributed by atoms with van der Waals surface area (Å²) in [7, 11) is 0. The predicted molar refractivity (Wildman–Crippen MR) is 94.0 cm³/mol. The van der Waals surface area contributed by atoms with E-state index in [2.05, 4.69) is 15.8 Å². The summed E-state index contributed by atoms with van der Waals surface area (Å²) in [5.41, 5.74) is 7.60. The average Bonchev–Trinajstić information content (AvgIpc) is 3.48. The Morgan fingerprint density at radius 3 is 2.60 bits per heavy atom. The number of fused-ring (bicyclic) bond motifs is 1. The monoisotopic (exact) mass is 342 g/mol. The maximum atomic E-state index is 12.9. The van der Waals surface area contributed by atoms with E-state index >= 15 is 0 Å². The average molecular weight is 342 g/mol. The van der Waals surface area contributed by atoms with Crippen molar-refractivity contribution in [2.75, 3.05) is 5.43 Å². The quantitative estimate of drug-likeness (QED) is 0.777. The highest BCUT2D eigenvalue weighted by molar-refractivity contribution is 5.86. The molecule has 4 aliphatic carbocycles. The molecule has 0 aromatic carbocycles. The molecule has 4 aliphatic rings. The molecule has 0 radical (unpaired) electrons. The fourth-order valence-electron chi connectivity index (χ4n) is 4.38. The zero-order valence-corrected chi connectivity index (χ0v) is 14.6. The minimum atomic E-state index is -0.158. The molecule has 0 bridgehead atoms. The lowest BCUT2D eigenvalue weighted by atomic mass is 10.00. The predicted octanol–water partition coefficient (Wildman–Crippen LogP) is 2.17. The van der Waals surface area contributed by atoms with Crippen LogP contribution in [0, 0.1) is 17.3 Å².